The fourth-order valence-corrected chi connectivity index (χ4v) is 4.42. The van der Waals surface area contributed by atoms with E-state index in [0.29, 0.717) is 25.9 Å². The number of hydrogen-bond acceptors (Lipinski definition) is 4. The van der Waals surface area contributed by atoms with Gasteiger partial charge in [0.2, 0.25) is 5.91 Å². The second kappa shape index (κ2) is 8.58. The van der Waals surface area contributed by atoms with Crippen LogP contribution in [0.5, 0.6) is 5.75 Å². The lowest BCUT2D eigenvalue weighted by molar-refractivity contribution is -0.151. The number of rotatable bonds is 6. The molecule has 0 saturated carbocycles. The van der Waals surface area contributed by atoms with Gasteiger partial charge in [-0.2, -0.15) is 0 Å². The van der Waals surface area contributed by atoms with Crippen LogP contribution < -0.4 is 4.74 Å². The first kappa shape index (κ1) is 24.2. The van der Waals surface area contributed by atoms with Crippen molar-refractivity contribution in [3.63, 3.8) is 0 Å². The molecule has 0 unspecified atom stereocenters. The molecule has 6 heteroatoms. The first-order chi connectivity index (χ1) is 13.7. The third kappa shape index (κ3) is 5.54. The molecule has 1 aromatic carbocycles. The fourth-order valence-electron chi connectivity index (χ4n) is 4.42. The van der Waals surface area contributed by atoms with Crippen LogP contribution in [0.3, 0.4) is 0 Å². The molecule has 1 aromatic rings. The molecule has 0 bridgehead atoms. The van der Waals surface area contributed by atoms with Gasteiger partial charge < -0.3 is 14.7 Å². The highest BCUT2D eigenvalue weighted by Crippen LogP contribution is 2.38. The maximum absolute atomic E-state index is 13.4. The van der Waals surface area contributed by atoms with Crippen molar-refractivity contribution in [3.05, 3.63) is 29.8 Å². The number of carbonyl (C=O) groups is 2. The summed E-state index contributed by atoms with van der Waals surface area (Å²) in [6.07, 6.45) is 0.812. The Morgan fingerprint density at radius 3 is 2.33 bits per heavy atom. The van der Waals surface area contributed by atoms with Gasteiger partial charge in [0.05, 0.1) is 7.11 Å². The maximum atomic E-state index is 13.4. The number of carboxylic acid groups (broad SMARTS) is 1. The third-order valence-corrected chi connectivity index (χ3v) is 5.82. The lowest BCUT2D eigenvalue weighted by Gasteiger charge is -2.41. The molecule has 2 rings (SSSR count). The Morgan fingerprint density at radius 1 is 1.23 bits per heavy atom. The zero-order valence-corrected chi connectivity index (χ0v) is 19.8. The Hall–Kier alpha value is -2.08. The van der Waals surface area contributed by atoms with Gasteiger partial charge in [0.15, 0.2) is 0 Å². The summed E-state index contributed by atoms with van der Waals surface area (Å²) in [5, 5.41) is 10.0. The van der Waals surface area contributed by atoms with Crippen molar-refractivity contribution in [1.29, 1.82) is 0 Å². The molecule has 1 saturated heterocycles. The van der Waals surface area contributed by atoms with E-state index in [1.54, 1.807) is 14.0 Å². The summed E-state index contributed by atoms with van der Waals surface area (Å²) in [6, 6.07) is 7.53. The minimum absolute atomic E-state index is 0.0545. The van der Waals surface area contributed by atoms with E-state index in [1.807, 2.05) is 75.6 Å². The van der Waals surface area contributed by atoms with Gasteiger partial charge in [-0.05, 0) is 57.2 Å². The number of aliphatic carboxylic acids is 1. The van der Waals surface area contributed by atoms with Gasteiger partial charge in [-0.25, -0.2) is 0 Å². The number of likely N-dealkylation sites (tertiary alicyclic amines) is 1. The Balaban J connectivity index is 2.40. The van der Waals surface area contributed by atoms with Crippen LogP contribution >= 0.6 is 0 Å². The number of benzene rings is 1. The smallest absolute Gasteiger partial charge is 0.323 e. The number of methoxy groups -OCH3 is 1. The summed E-state index contributed by atoms with van der Waals surface area (Å²) >= 11 is 0. The number of amides is 1. The van der Waals surface area contributed by atoms with E-state index in [4.69, 9.17) is 4.74 Å². The normalized spacial score (nSPS) is 22.7. The fraction of sp³-hybridized carbons (Fsp3) is 0.667. The third-order valence-electron chi connectivity index (χ3n) is 5.82. The summed E-state index contributed by atoms with van der Waals surface area (Å²) in [5.41, 5.74) is -0.515. The average molecular weight is 419 g/mol. The molecule has 0 aliphatic carbocycles. The molecule has 1 aliphatic heterocycles. The maximum Gasteiger partial charge on any atom is 0.323 e. The standard InChI is InChI=1S/C24H38N2O4/c1-22(2,3)14-20(27)25(15-17-10-9-11-19(12-17)30-8)18-13-24(7,21(28)29)26(16-18)23(4,5)6/h9-12,18H,13-16H2,1-8H3,(H,28,29)/t18-,24-/m0/s1. The van der Waals surface area contributed by atoms with Crippen LogP contribution in [0.2, 0.25) is 0 Å². The highest BCUT2D eigenvalue weighted by atomic mass is 16.5. The molecule has 0 spiro atoms. The first-order valence-electron chi connectivity index (χ1n) is 10.6. The SMILES string of the molecule is COc1cccc(CN(C(=O)CC(C)(C)C)[C@@H]2CN(C(C)(C)C)[C@](C)(C(=O)O)C2)c1. The van der Waals surface area contributed by atoms with Crippen LogP contribution in [0.1, 0.15) is 66.9 Å². The van der Waals surface area contributed by atoms with E-state index in [0.717, 1.165) is 11.3 Å². The molecule has 168 valence electrons. The van der Waals surface area contributed by atoms with Crippen molar-refractivity contribution >= 4 is 11.9 Å². The Kier molecular flexibility index (Phi) is 6.92. The Labute approximate surface area is 181 Å². The van der Waals surface area contributed by atoms with Gasteiger partial charge in [0.25, 0.3) is 0 Å². The molecule has 30 heavy (non-hydrogen) atoms. The van der Waals surface area contributed by atoms with Crippen molar-refractivity contribution in [3.8, 4) is 5.75 Å². The predicted octanol–water partition coefficient (Wildman–Crippen LogP) is 4.18. The zero-order chi connectivity index (χ0) is 22.9. The quantitative estimate of drug-likeness (QED) is 0.751. The molecule has 6 nitrogen and oxygen atoms in total. The number of carboxylic acids is 1. The van der Waals surface area contributed by atoms with Crippen LogP contribution in [-0.4, -0.2) is 57.6 Å². The number of nitrogens with zero attached hydrogens (tertiary/aromatic N) is 2. The van der Waals surface area contributed by atoms with Crippen LogP contribution in [-0.2, 0) is 16.1 Å². The van der Waals surface area contributed by atoms with E-state index < -0.39 is 11.5 Å². The summed E-state index contributed by atoms with van der Waals surface area (Å²) in [4.78, 5) is 29.5. The molecule has 0 aromatic heterocycles. The lowest BCUT2D eigenvalue weighted by Crippen LogP contribution is -2.56. The minimum Gasteiger partial charge on any atom is -0.497 e. The molecular formula is C24H38N2O4. The van der Waals surface area contributed by atoms with Gasteiger partial charge in [0, 0.05) is 31.1 Å². The van der Waals surface area contributed by atoms with Gasteiger partial charge >= 0.3 is 5.97 Å². The number of ether oxygens (including phenoxy) is 1. The Morgan fingerprint density at radius 2 is 1.87 bits per heavy atom. The van der Waals surface area contributed by atoms with Crippen molar-refractivity contribution in [2.75, 3.05) is 13.7 Å². The van der Waals surface area contributed by atoms with Gasteiger partial charge in [-0.3, -0.25) is 14.5 Å². The van der Waals surface area contributed by atoms with E-state index in [1.165, 1.54) is 0 Å². The second-order valence-electron chi connectivity index (χ2n) is 10.8. The van der Waals surface area contributed by atoms with Crippen LogP contribution in [0.25, 0.3) is 0 Å². The summed E-state index contributed by atoms with van der Waals surface area (Å²) < 4.78 is 5.34. The van der Waals surface area contributed by atoms with Crippen molar-refractivity contribution in [2.24, 2.45) is 5.41 Å². The highest BCUT2D eigenvalue weighted by Gasteiger charge is 2.53. The van der Waals surface area contributed by atoms with Crippen molar-refractivity contribution in [2.45, 2.75) is 85.0 Å². The molecular weight excluding hydrogens is 380 g/mol. The largest absolute Gasteiger partial charge is 0.497 e. The van der Waals surface area contributed by atoms with Crippen LogP contribution in [0, 0.1) is 5.41 Å². The van der Waals surface area contributed by atoms with Gasteiger partial charge in [-0.15, -0.1) is 0 Å². The molecule has 1 amide bonds. The number of carbonyl (C=O) groups excluding carboxylic acids is 1. The van der Waals surface area contributed by atoms with Crippen LogP contribution in [0.4, 0.5) is 0 Å². The average Bonchev–Trinajstić information content (AvgIpc) is 2.97. The van der Waals surface area contributed by atoms with Crippen molar-refractivity contribution in [1.82, 2.24) is 9.80 Å². The van der Waals surface area contributed by atoms with E-state index in [-0.39, 0.29) is 22.9 Å². The molecule has 2 atom stereocenters. The number of hydrogen-bond donors (Lipinski definition) is 1. The molecule has 1 heterocycles. The highest BCUT2D eigenvalue weighted by molar-refractivity contribution is 5.80. The monoisotopic (exact) mass is 418 g/mol. The summed E-state index contributed by atoms with van der Waals surface area (Å²) in [7, 11) is 1.62. The second-order valence-corrected chi connectivity index (χ2v) is 10.8. The van der Waals surface area contributed by atoms with E-state index in [9.17, 15) is 14.7 Å². The van der Waals surface area contributed by atoms with Crippen molar-refractivity contribution < 1.29 is 19.4 Å². The van der Waals surface area contributed by atoms with Gasteiger partial charge in [0.1, 0.15) is 11.3 Å². The Bertz CT molecular complexity index is 778. The topological polar surface area (TPSA) is 70.1 Å². The summed E-state index contributed by atoms with van der Waals surface area (Å²) in [5.74, 6) is -0.0443. The minimum atomic E-state index is -1.02. The zero-order valence-electron chi connectivity index (χ0n) is 19.8. The van der Waals surface area contributed by atoms with E-state index >= 15 is 0 Å². The molecule has 1 N–H and O–H groups in total. The summed E-state index contributed by atoms with van der Waals surface area (Å²) in [6.45, 7) is 15.0. The molecule has 1 fully saturated rings. The predicted molar refractivity (Wildman–Crippen MR) is 119 cm³/mol. The molecule has 0 radical (unpaired) electrons. The molecule has 1 aliphatic rings. The lowest BCUT2D eigenvalue weighted by atomic mass is 9.90. The van der Waals surface area contributed by atoms with Gasteiger partial charge in [-0.1, -0.05) is 32.9 Å². The van der Waals surface area contributed by atoms with E-state index in [2.05, 4.69) is 0 Å². The van der Waals surface area contributed by atoms with Crippen LogP contribution in [0.15, 0.2) is 24.3 Å². The first-order valence-corrected chi connectivity index (χ1v) is 10.6.